The molecule has 1 aromatic carbocycles. The van der Waals surface area contributed by atoms with E-state index in [-0.39, 0.29) is 5.91 Å². The summed E-state index contributed by atoms with van der Waals surface area (Å²) in [4.78, 5) is 12.0. The van der Waals surface area contributed by atoms with Crippen LogP contribution in [0.15, 0.2) is 12.1 Å². The summed E-state index contributed by atoms with van der Waals surface area (Å²) in [5, 5.41) is 2.94. The Morgan fingerprint density at radius 3 is 2.67 bits per heavy atom. The van der Waals surface area contributed by atoms with E-state index in [1.807, 2.05) is 31.7 Å². The number of amides is 1. The minimum absolute atomic E-state index is 0.0247. The summed E-state index contributed by atoms with van der Waals surface area (Å²) >= 11 is 1.83. The van der Waals surface area contributed by atoms with Gasteiger partial charge in [0.2, 0.25) is 0 Å². The summed E-state index contributed by atoms with van der Waals surface area (Å²) in [7, 11) is 0. The van der Waals surface area contributed by atoms with Crippen molar-refractivity contribution in [3.8, 4) is 0 Å². The van der Waals surface area contributed by atoms with E-state index >= 15 is 0 Å². The van der Waals surface area contributed by atoms with Crippen LogP contribution in [0.1, 0.15) is 34.3 Å². The van der Waals surface area contributed by atoms with Gasteiger partial charge in [0.15, 0.2) is 0 Å². The van der Waals surface area contributed by atoms with Gasteiger partial charge in [-0.2, -0.15) is 11.8 Å². The van der Waals surface area contributed by atoms with Gasteiger partial charge in [-0.05, 0) is 55.9 Å². The molecule has 0 aliphatic rings. The van der Waals surface area contributed by atoms with Crippen molar-refractivity contribution in [2.24, 2.45) is 0 Å². The molecule has 4 heteroatoms. The number of hydrogen-bond acceptors (Lipinski definition) is 3. The molecule has 0 spiro atoms. The summed E-state index contributed by atoms with van der Waals surface area (Å²) in [6.45, 7) is 4.62. The molecule has 0 atom stereocenters. The molecule has 0 heterocycles. The molecule has 0 aromatic heterocycles. The summed E-state index contributed by atoms with van der Waals surface area (Å²) in [5.41, 5.74) is 9.19. The highest BCUT2D eigenvalue weighted by Crippen LogP contribution is 2.17. The molecule has 3 N–H and O–H groups in total. The fraction of sp³-hybridized carbons (Fsp3) is 0.500. The van der Waals surface area contributed by atoms with Crippen molar-refractivity contribution < 1.29 is 4.79 Å². The summed E-state index contributed by atoms with van der Waals surface area (Å²) in [6.07, 6.45) is 4.25. The van der Waals surface area contributed by atoms with Crippen LogP contribution in [0.5, 0.6) is 0 Å². The standard InChI is InChI=1S/C14H22N2OS/c1-10-8-11(2)13(15)9-12(10)14(17)16-6-4-5-7-18-3/h8-9H,4-7,15H2,1-3H3,(H,16,17). The van der Waals surface area contributed by atoms with Crippen LogP contribution in [0, 0.1) is 13.8 Å². The number of carbonyl (C=O) groups is 1. The molecule has 3 nitrogen and oxygen atoms in total. The molecular weight excluding hydrogens is 244 g/mol. The largest absolute Gasteiger partial charge is 0.398 e. The van der Waals surface area contributed by atoms with Gasteiger partial charge in [-0.25, -0.2) is 0 Å². The van der Waals surface area contributed by atoms with Crippen molar-refractivity contribution >= 4 is 23.4 Å². The fourth-order valence-corrected chi connectivity index (χ4v) is 2.27. The lowest BCUT2D eigenvalue weighted by molar-refractivity contribution is 0.0952. The van der Waals surface area contributed by atoms with Crippen molar-refractivity contribution in [2.75, 3.05) is 24.3 Å². The molecule has 1 rings (SSSR count). The molecule has 0 saturated heterocycles. The average Bonchev–Trinajstić information content (AvgIpc) is 2.33. The zero-order valence-electron chi connectivity index (χ0n) is 11.4. The third-order valence-electron chi connectivity index (χ3n) is 2.92. The van der Waals surface area contributed by atoms with E-state index in [0.717, 1.165) is 36.3 Å². The number of nitrogen functional groups attached to an aromatic ring is 1. The monoisotopic (exact) mass is 266 g/mol. The van der Waals surface area contributed by atoms with Gasteiger partial charge in [0.25, 0.3) is 5.91 Å². The lowest BCUT2D eigenvalue weighted by Gasteiger charge is -2.10. The van der Waals surface area contributed by atoms with Crippen molar-refractivity contribution in [1.29, 1.82) is 0 Å². The third-order valence-corrected chi connectivity index (χ3v) is 3.62. The summed E-state index contributed by atoms with van der Waals surface area (Å²) < 4.78 is 0. The van der Waals surface area contributed by atoms with E-state index in [2.05, 4.69) is 11.6 Å². The smallest absolute Gasteiger partial charge is 0.251 e. The highest BCUT2D eigenvalue weighted by molar-refractivity contribution is 7.98. The molecule has 0 unspecified atom stereocenters. The van der Waals surface area contributed by atoms with Crippen LogP contribution in [0.25, 0.3) is 0 Å². The Morgan fingerprint density at radius 2 is 2.00 bits per heavy atom. The number of hydrogen-bond donors (Lipinski definition) is 2. The minimum Gasteiger partial charge on any atom is -0.398 e. The van der Waals surface area contributed by atoms with Crippen LogP contribution >= 0.6 is 11.8 Å². The molecule has 0 fully saturated rings. The lowest BCUT2D eigenvalue weighted by Crippen LogP contribution is -2.25. The molecule has 0 bridgehead atoms. The maximum Gasteiger partial charge on any atom is 0.251 e. The van der Waals surface area contributed by atoms with Crippen LogP contribution in [0.3, 0.4) is 0 Å². The normalized spacial score (nSPS) is 10.4. The van der Waals surface area contributed by atoms with Crippen LogP contribution in [0.4, 0.5) is 5.69 Å². The Morgan fingerprint density at radius 1 is 1.28 bits per heavy atom. The topological polar surface area (TPSA) is 55.1 Å². The first-order valence-electron chi connectivity index (χ1n) is 6.20. The fourth-order valence-electron chi connectivity index (χ4n) is 1.78. The molecule has 0 radical (unpaired) electrons. The maximum absolute atomic E-state index is 12.0. The Labute approximate surface area is 114 Å². The van der Waals surface area contributed by atoms with Crippen molar-refractivity contribution in [3.05, 3.63) is 28.8 Å². The molecule has 18 heavy (non-hydrogen) atoms. The van der Waals surface area contributed by atoms with Crippen LogP contribution in [0.2, 0.25) is 0 Å². The zero-order valence-corrected chi connectivity index (χ0v) is 12.2. The first-order valence-corrected chi connectivity index (χ1v) is 7.59. The number of nitrogens with one attached hydrogen (secondary N) is 1. The van der Waals surface area contributed by atoms with E-state index in [1.54, 1.807) is 6.07 Å². The minimum atomic E-state index is -0.0247. The Balaban J connectivity index is 2.54. The number of unbranched alkanes of at least 4 members (excludes halogenated alkanes) is 1. The summed E-state index contributed by atoms with van der Waals surface area (Å²) in [6, 6.07) is 3.72. The van der Waals surface area contributed by atoms with E-state index in [4.69, 9.17) is 5.73 Å². The molecule has 1 amide bonds. The third kappa shape index (κ3) is 4.26. The van der Waals surface area contributed by atoms with Crippen molar-refractivity contribution in [3.63, 3.8) is 0 Å². The number of nitrogens with two attached hydrogens (primary N) is 1. The number of rotatable bonds is 6. The van der Waals surface area contributed by atoms with Gasteiger partial charge in [0.05, 0.1) is 0 Å². The van der Waals surface area contributed by atoms with Crippen LogP contribution in [-0.4, -0.2) is 24.5 Å². The van der Waals surface area contributed by atoms with Gasteiger partial charge in [-0.1, -0.05) is 6.07 Å². The van der Waals surface area contributed by atoms with Gasteiger partial charge in [-0.15, -0.1) is 0 Å². The molecular formula is C14H22N2OS. The first-order chi connectivity index (χ1) is 8.56. The highest BCUT2D eigenvalue weighted by atomic mass is 32.2. The second-order valence-electron chi connectivity index (χ2n) is 4.48. The second-order valence-corrected chi connectivity index (χ2v) is 5.47. The van der Waals surface area contributed by atoms with E-state index in [9.17, 15) is 4.79 Å². The molecule has 0 aliphatic heterocycles. The van der Waals surface area contributed by atoms with E-state index < -0.39 is 0 Å². The van der Waals surface area contributed by atoms with Gasteiger partial charge in [0, 0.05) is 17.8 Å². The maximum atomic E-state index is 12.0. The van der Waals surface area contributed by atoms with Crippen LogP contribution in [-0.2, 0) is 0 Å². The van der Waals surface area contributed by atoms with Gasteiger partial charge in [0.1, 0.15) is 0 Å². The lowest BCUT2D eigenvalue weighted by atomic mass is 10.0. The quantitative estimate of drug-likeness (QED) is 0.615. The zero-order chi connectivity index (χ0) is 13.5. The molecule has 0 saturated carbocycles. The average molecular weight is 266 g/mol. The highest BCUT2D eigenvalue weighted by Gasteiger charge is 2.10. The first kappa shape index (κ1) is 14.9. The van der Waals surface area contributed by atoms with Gasteiger partial charge >= 0.3 is 0 Å². The number of benzene rings is 1. The number of aryl methyl sites for hydroxylation is 2. The SMILES string of the molecule is CSCCCCNC(=O)c1cc(N)c(C)cc1C. The van der Waals surface area contributed by atoms with Gasteiger partial charge < -0.3 is 11.1 Å². The number of anilines is 1. The Bertz CT molecular complexity index is 419. The summed E-state index contributed by atoms with van der Waals surface area (Å²) in [5.74, 6) is 1.12. The van der Waals surface area contributed by atoms with Gasteiger partial charge in [-0.3, -0.25) is 4.79 Å². The van der Waals surface area contributed by atoms with E-state index in [0.29, 0.717) is 11.3 Å². The van der Waals surface area contributed by atoms with Crippen molar-refractivity contribution in [1.82, 2.24) is 5.32 Å². The molecule has 100 valence electrons. The van der Waals surface area contributed by atoms with Crippen LogP contribution < -0.4 is 11.1 Å². The molecule has 1 aromatic rings. The predicted octanol–water partition coefficient (Wildman–Crippen LogP) is 2.76. The predicted molar refractivity (Wildman–Crippen MR) is 80.3 cm³/mol. The Kier molecular flexibility index (Phi) is 6.05. The molecule has 0 aliphatic carbocycles. The number of thioether (sulfide) groups is 1. The Hall–Kier alpha value is -1.16. The van der Waals surface area contributed by atoms with E-state index in [1.165, 1.54) is 0 Å². The number of carbonyl (C=O) groups excluding carboxylic acids is 1. The second kappa shape index (κ2) is 7.31. The van der Waals surface area contributed by atoms with Crippen molar-refractivity contribution in [2.45, 2.75) is 26.7 Å².